The molecule has 0 saturated carbocycles. The van der Waals surface area contributed by atoms with Crippen LogP contribution in [-0.2, 0) is 21.5 Å². The van der Waals surface area contributed by atoms with Crippen LogP contribution < -0.4 is 10.6 Å². The van der Waals surface area contributed by atoms with Crippen LogP contribution in [0.5, 0.6) is 0 Å². The summed E-state index contributed by atoms with van der Waals surface area (Å²) in [5, 5.41) is 5.58. The van der Waals surface area contributed by atoms with E-state index in [1.807, 2.05) is 18.7 Å². The summed E-state index contributed by atoms with van der Waals surface area (Å²) >= 11 is 0. The summed E-state index contributed by atoms with van der Waals surface area (Å²) in [4.78, 5) is 27.1. The van der Waals surface area contributed by atoms with Gasteiger partial charge in [0.2, 0.25) is 5.91 Å². The molecule has 3 rings (SSSR count). The zero-order valence-corrected chi connectivity index (χ0v) is 19.8. The highest BCUT2D eigenvalue weighted by Crippen LogP contribution is 2.16. The second-order valence-corrected chi connectivity index (χ2v) is 9.55. The summed E-state index contributed by atoms with van der Waals surface area (Å²) in [6, 6.07) is 10.3. The van der Waals surface area contributed by atoms with Crippen molar-refractivity contribution < 1.29 is 22.4 Å². The quantitative estimate of drug-likeness (QED) is 0.534. The van der Waals surface area contributed by atoms with Crippen LogP contribution >= 0.6 is 0 Å². The third-order valence-corrected chi connectivity index (χ3v) is 7.69. The maximum atomic E-state index is 12.7. The van der Waals surface area contributed by atoms with Crippen molar-refractivity contribution in [3.8, 4) is 0 Å². The molecule has 0 atom stereocenters. The number of benzene rings is 1. The van der Waals surface area contributed by atoms with Gasteiger partial charge in [-0.1, -0.05) is 26.0 Å². The summed E-state index contributed by atoms with van der Waals surface area (Å²) in [5.41, 5.74) is 0.773. The molecule has 1 fully saturated rings. The van der Waals surface area contributed by atoms with Gasteiger partial charge in [-0.15, -0.1) is 0 Å². The minimum absolute atomic E-state index is 0.113. The van der Waals surface area contributed by atoms with Crippen LogP contribution in [0.15, 0.2) is 47.1 Å². The van der Waals surface area contributed by atoms with Gasteiger partial charge in [-0.2, -0.15) is 17.0 Å². The summed E-state index contributed by atoms with van der Waals surface area (Å²) in [6.07, 6.45) is 1.54. The molecule has 33 heavy (non-hydrogen) atoms. The number of amides is 2. The summed E-state index contributed by atoms with van der Waals surface area (Å²) in [5.74, 6) is 0.0471. The number of rotatable bonds is 10. The second kappa shape index (κ2) is 11.4. The molecule has 10 nitrogen and oxygen atoms in total. The van der Waals surface area contributed by atoms with Gasteiger partial charge >= 0.3 is 0 Å². The molecular weight excluding hydrogens is 446 g/mol. The van der Waals surface area contributed by atoms with E-state index >= 15 is 0 Å². The Bertz CT molecular complexity index is 1030. The van der Waals surface area contributed by atoms with E-state index in [2.05, 4.69) is 10.6 Å². The lowest BCUT2D eigenvalue weighted by atomic mass is 10.1. The van der Waals surface area contributed by atoms with E-state index < -0.39 is 10.2 Å². The number of hydrogen-bond donors (Lipinski definition) is 2. The molecule has 0 spiro atoms. The first-order chi connectivity index (χ1) is 15.8. The van der Waals surface area contributed by atoms with E-state index in [0.29, 0.717) is 56.3 Å². The topological polar surface area (TPSA) is 115 Å². The van der Waals surface area contributed by atoms with Gasteiger partial charge in [0.05, 0.1) is 30.6 Å². The van der Waals surface area contributed by atoms with Crippen molar-refractivity contribution in [2.45, 2.75) is 20.4 Å². The number of piperazine rings is 1. The minimum Gasteiger partial charge on any atom is -0.467 e. The van der Waals surface area contributed by atoms with Crippen LogP contribution in [0, 0.1) is 0 Å². The van der Waals surface area contributed by atoms with Gasteiger partial charge in [-0.3, -0.25) is 14.5 Å². The number of hydrogen-bond acceptors (Lipinski definition) is 6. The number of carbonyl (C=O) groups is 2. The molecule has 180 valence electrons. The van der Waals surface area contributed by atoms with Crippen LogP contribution in [0.3, 0.4) is 0 Å². The number of nitrogens with zero attached hydrogens (tertiary/aromatic N) is 3. The predicted octanol–water partition coefficient (Wildman–Crippen LogP) is 1.35. The highest BCUT2D eigenvalue weighted by atomic mass is 32.2. The molecule has 11 heteroatoms. The van der Waals surface area contributed by atoms with Crippen molar-refractivity contribution >= 4 is 27.7 Å². The fourth-order valence-corrected chi connectivity index (χ4v) is 5.29. The smallest absolute Gasteiger partial charge is 0.282 e. The standard InChI is InChI=1S/C22H31N5O5S/c1-3-26(4-2)33(30,31)27-13-11-25(12-14-27)17-21(28)24-20-10-6-5-9-19(20)22(29)23-16-18-8-7-15-32-18/h5-10,15H,3-4,11-14,16-17H2,1-2H3,(H,23,29)(H,24,28). The van der Waals surface area contributed by atoms with E-state index in [-0.39, 0.29) is 24.9 Å². The van der Waals surface area contributed by atoms with Gasteiger partial charge in [0, 0.05) is 39.3 Å². The third-order valence-electron chi connectivity index (χ3n) is 5.51. The van der Waals surface area contributed by atoms with Gasteiger partial charge in [-0.25, -0.2) is 0 Å². The molecule has 2 aromatic rings. The molecule has 2 N–H and O–H groups in total. The first kappa shape index (κ1) is 24.9. The van der Waals surface area contributed by atoms with Gasteiger partial charge < -0.3 is 15.1 Å². The number of furan rings is 1. The zero-order chi connectivity index (χ0) is 23.8. The van der Waals surface area contributed by atoms with E-state index in [1.165, 1.54) is 14.9 Å². The normalized spacial score (nSPS) is 15.5. The van der Waals surface area contributed by atoms with E-state index in [9.17, 15) is 18.0 Å². The number of carbonyl (C=O) groups excluding carboxylic acids is 2. The average Bonchev–Trinajstić information content (AvgIpc) is 3.32. The minimum atomic E-state index is -3.47. The van der Waals surface area contributed by atoms with Crippen molar-refractivity contribution in [3.05, 3.63) is 54.0 Å². The summed E-state index contributed by atoms with van der Waals surface area (Å²) < 4.78 is 33.4. The van der Waals surface area contributed by atoms with Crippen molar-refractivity contribution in [1.29, 1.82) is 0 Å². The SMILES string of the molecule is CCN(CC)S(=O)(=O)N1CCN(CC(=O)Nc2ccccc2C(=O)NCc2ccco2)CC1. The number of para-hydroxylation sites is 1. The van der Waals surface area contributed by atoms with Gasteiger partial charge in [0.15, 0.2) is 0 Å². The molecule has 0 aliphatic carbocycles. The van der Waals surface area contributed by atoms with Gasteiger partial charge in [0.1, 0.15) is 5.76 Å². The summed E-state index contributed by atoms with van der Waals surface area (Å²) in [6.45, 7) is 6.42. The molecule has 1 aliphatic heterocycles. The Balaban J connectivity index is 1.53. The van der Waals surface area contributed by atoms with Crippen LogP contribution in [0.2, 0.25) is 0 Å². The van der Waals surface area contributed by atoms with Gasteiger partial charge in [0.25, 0.3) is 16.1 Å². The maximum Gasteiger partial charge on any atom is 0.282 e. The molecule has 1 saturated heterocycles. The lowest BCUT2D eigenvalue weighted by molar-refractivity contribution is -0.117. The number of anilines is 1. The van der Waals surface area contributed by atoms with Crippen molar-refractivity contribution in [2.24, 2.45) is 0 Å². The largest absolute Gasteiger partial charge is 0.467 e. The molecule has 1 aromatic carbocycles. The number of nitrogens with one attached hydrogen (secondary N) is 2. The fourth-order valence-electron chi connectivity index (χ4n) is 3.69. The summed E-state index contributed by atoms with van der Waals surface area (Å²) in [7, 11) is -3.47. The molecule has 2 heterocycles. The van der Waals surface area contributed by atoms with E-state index in [1.54, 1.807) is 36.4 Å². The molecule has 0 bridgehead atoms. The Morgan fingerprint density at radius 2 is 1.73 bits per heavy atom. The fraction of sp³-hybridized carbons (Fsp3) is 0.455. The molecular formula is C22H31N5O5S. The molecule has 1 aliphatic rings. The third kappa shape index (κ3) is 6.41. The highest BCUT2D eigenvalue weighted by molar-refractivity contribution is 7.86. The molecule has 2 amide bonds. The Morgan fingerprint density at radius 1 is 1.03 bits per heavy atom. The average molecular weight is 478 g/mol. The zero-order valence-electron chi connectivity index (χ0n) is 19.0. The Labute approximate surface area is 194 Å². The molecule has 1 aromatic heterocycles. The van der Waals surface area contributed by atoms with Crippen LogP contribution in [0.4, 0.5) is 5.69 Å². The van der Waals surface area contributed by atoms with Crippen molar-refractivity contribution in [1.82, 2.24) is 18.8 Å². The van der Waals surface area contributed by atoms with Crippen LogP contribution in [-0.4, -0.2) is 79.6 Å². The predicted molar refractivity (Wildman–Crippen MR) is 125 cm³/mol. The monoisotopic (exact) mass is 477 g/mol. The molecule has 0 radical (unpaired) electrons. The lowest BCUT2D eigenvalue weighted by Gasteiger charge is -2.35. The second-order valence-electron chi connectivity index (χ2n) is 7.62. The van der Waals surface area contributed by atoms with Crippen molar-refractivity contribution in [2.75, 3.05) is 51.1 Å². The van der Waals surface area contributed by atoms with Crippen LogP contribution in [0.1, 0.15) is 30.0 Å². The molecule has 0 unspecified atom stereocenters. The first-order valence-electron chi connectivity index (χ1n) is 11.0. The van der Waals surface area contributed by atoms with Crippen LogP contribution in [0.25, 0.3) is 0 Å². The van der Waals surface area contributed by atoms with Crippen molar-refractivity contribution in [3.63, 3.8) is 0 Å². The maximum absolute atomic E-state index is 12.7. The van der Waals surface area contributed by atoms with Gasteiger partial charge in [-0.05, 0) is 24.3 Å². The van der Waals surface area contributed by atoms with E-state index in [4.69, 9.17) is 4.42 Å². The Morgan fingerprint density at radius 3 is 2.36 bits per heavy atom. The lowest BCUT2D eigenvalue weighted by Crippen LogP contribution is -2.54. The Hall–Kier alpha value is -2.73. The highest BCUT2D eigenvalue weighted by Gasteiger charge is 2.31. The van der Waals surface area contributed by atoms with E-state index in [0.717, 1.165) is 0 Å². The Kier molecular flexibility index (Phi) is 8.61. The first-order valence-corrected chi connectivity index (χ1v) is 12.4.